The average Bonchev–Trinajstić information content (AvgIpc) is 2.41. The minimum absolute atomic E-state index is 0. The molecule has 2 N–H and O–H groups in total. The highest BCUT2D eigenvalue weighted by Gasteiger charge is 2.23. The van der Waals surface area contributed by atoms with Crippen LogP contribution < -0.4 is 5.32 Å². The number of benzene rings is 1. The molecular formula is C14H19Cl3N2O3. The van der Waals surface area contributed by atoms with Crippen molar-refractivity contribution in [1.82, 2.24) is 4.90 Å². The minimum atomic E-state index is -0.969. The van der Waals surface area contributed by atoms with Crippen LogP contribution >= 0.6 is 35.6 Å². The maximum Gasteiger partial charge on any atom is 0.317 e. The highest BCUT2D eigenvalue weighted by molar-refractivity contribution is 6.35. The molecule has 1 aromatic carbocycles. The molecule has 1 amide bonds. The summed E-state index contributed by atoms with van der Waals surface area (Å²) in [4.78, 5) is 24.7. The van der Waals surface area contributed by atoms with E-state index in [1.54, 1.807) is 30.0 Å². The molecule has 1 unspecified atom stereocenters. The number of aliphatic carboxylic acids is 1. The van der Waals surface area contributed by atoms with Crippen molar-refractivity contribution >= 4 is 53.2 Å². The molecule has 0 radical (unpaired) electrons. The summed E-state index contributed by atoms with van der Waals surface area (Å²) >= 11 is 11.9. The summed E-state index contributed by atoms with van der Waals surface area (Å²) in [5.41, 5.74) is 0.410. The number of amides is 1. The van der Waals surface area contributed by atoms with Gasteiger partial charge in [0, 0.05) is 5.02 Å². The normalized spacial score (nSPS) is 11.7. The first-order valence-corrected chi connectivity index (χ1v) is 7.32. The Morgan fingerprint density at radius 1 is 1.36 bits per heavy atom. The van der Waals surface area contributed by atoms with Crippen LogP contribution in [0.15, 0.2) is 18.2 Å². The Morgan fingerprint density at radius 3 is 2.55 bits per heavy atom. The molecule has 0 heterocycles. The van der Waals surface area contributed by atoms with E-state index < -0.39 is 12.0 Å². The molecule has 0 aromatic heterocycles. The predicted molar refractivity (Wildman–Crippen MR) is 91.3 cm³/mol. The largest absolute Gasteiger partial charge is 0.480 e. The van der Waals surface area contributed by atoms with Crippen LogP contribution in [-0.4, -0.2) is 41.0 Å². The van der Waals surface area contributed by atoms with E-state index in [4.69, 9.17) is 28.3 Å². The topological polar surface area (TPSA) is 69.6 Å². The van der Waals surface area contributed by atoms with Crippen molar-refractivity contribution in [2.75, 3.05) is 18.4 Å². The second-order valence-electron chi connectivity index (χ2n) is 4.65. The molecule has 0 aliphatic heterocycles. The lowest BCUT2D eigenvalue weighted by molar-refractivity contribution is -0.139. The summed E-state index contributed by atoms with van der Waals surface area (Å²) in [7, 11) is 0. The fraction of sp³-hybridized carbons (Fsp3) is 0.429. The Morgan fingerprint density at radius 2 is 2.00 bits per heavy atom. The van der Waals surface area contributed by atoms with Gasteiger partial charge in [0.05, 0.1) is 23.3 Å². The lowest BCUT2D eigenvalue weighted by Crippen LogP contribution is -2.45. The van der Waals surface area contributed by atoms with E-state index >= 15 is 0 Å². The maximum absolute atomic E-state index is 12.2. The Hall–Kier alpha value is -1.01. The number of hydrogen-bond donors (Lipinski definition) is 2. The van der Waals surface area contributed by atoms with Crippen molar-refractivity contribution < 1.29 is 14.7 Å². The predicted octanol–water partition coefficient (Wildman–Crippen LogP) is 3.54. The number of carboxylic acid groups (broad SMARTS) is 1. The van der Waals surface area contributed by atoms with E-state index in [-0.39, 0.29) is 24.9 Å². The smallest absolute Gasteiger partial charge is 0.317 e. The Bertz CT molecular complexity index is 526. The van der Waals surface area contributed by atoms with E-state index in [0.29, 0.717) is 22.3 Å². The molecule has 1 rings (SSSR count). The van der Waals surface area contributed by atoms with Gasteiger partial charge in [-0.2, -0.15) is 0 Å². The zero-order valence-electron chi connectivity index (χ0n) is 12.3. The standard InChI is InChI=1S/C14H18Cl2N2O3.ClH/c1-3-6-18(8-13(19)20)9(2)14(21)17-12-7-10(15)4-5-11(12)16;/h4-5,7,9H,3,6,8H2,1-2H3,(H,17,21)(H,19,20);1H. The third-order valence-electron chi connectivity index (χ3n) is 2.96. The van der Waals surface area contributed by atoms with E-state index in [0.717, 1.165) is 6.42 Å². The number of nitrogens with one attached hydrogen (secondary N) is 1. The quantitative estimate of drug-likeness (QED) is 0.771. The summed E-state index contributed by atoms with van der Waals surface area (Å²) in [5.74, 6) is -1.29. The number of halogens is 3. The minimum Gasteiger partial charge on any atom is -0.480 e. The molecule has 22 heavy (non-hydrogen) atoms. The molecule has 0 saturated carbocycles. The van der Waals surface area contributed by atoms with Gasteiger partial charge in [-0.15, -0.1) is 12.4 Å². The number of carboxylic acids is 1. The van der Waals surface area contributed by atoms with Crippen LogP contribution in [-0.2, 0) is 9.59 Å². The molecule has 0 bridgehead atoms. The lowest BCUT2D eigenvalue weighted by Gasteiger charge is -2.26. The van der Waals surface area contributed by atoms with Gasteiger partial charge in [-0.1, -0.05) is 30.1 Å². The van der Waals surface area contributed by atoms with Crippen LogP contribution in [0, 0.1) is 0 Å². The van der Waals surface area contributed by atoms with E-state index in [9.17, 15) is 9.59 Å². The Balaban J connectivity index is 0.00000441. The van der Waals surface area contributed by atoms with Crippen molar-refractivity contribution in [2.24, 2.45) is 0 Å². The van der Waals surface area contributed by atoms with Crippen molar-refractivity contribution in [2.45, 2.75) is 26.3 Å². The fourth-order valence-electron chi connectivity index (χ4n) is 1.87. The van der Waals surface area contributed by atoms with Crippen LogP contribution in [0.3, 0.4) is 0 Å². The van der Waals surface area contributed by atoms with E-state index in [1.807, 2.05) is 6.92 Å². The molecule has 0 aliphatic rings. The second kappa shape index (κ2) is 9.90. The van der Waals surface area contributed by atoms with Crippen LogP contribution in [0.4, 0.5) is 5.69 Å². The number of anilines is 1. The van der Waals surface area contributed by atoms with Crippen LogP contribution in [0.1, 0.15) is 20.3 Å². The van der Waals surface area contributed by atoms with Gasteiger partial charge in [0.2, 0.25) is 5.91 Å². The van der Waals surface area contributed by atoms with Gasteiger partial charge < -0.3 is 10.4 Å². The first-order valence-electron chi connectivity index (χ1n) is 6.57. The number of carbonyl (C=O) groups is 2. The van der Waals surface area contributed by atoms with Crippen LogP contribution in [0.25, 0.3) is 0 Å². The highest BCUT2D eigenvalue weighted by Crippen LogP contribution is 2.25. The molecular weight excluding hydrogens is 351 g/mol. The number of rotatable bonds is 7. The first-order chi connectivity index (χ1) is 9.85. The molecule has 124 valence electrons. The van der Waals surface area contributed by atoms with Gasteiger partial charge in [0.1, 0.15) is 0 Å². The third-order valence-corrected chi connectivity index (χ3v) is 3.53. The van der Waals surface area contributed by atoms with Crippen molar-refractivity contribution in [3.8, 4) is 0 Å². The third kappa shape index (κ3) is 6.40. The van der Waals surface area contributed by atoms with E-state index in [2.05, 4.69) is 5.32 Å². The number of carbonyl (C=O) groups excluding carboxylic acids is 1. The van der Waals surface area contributed by atoms with Crippen molar-refractivity contribution in [3.63, 3.8) is 0 Å². The van der Waals surface area contributed by atoms with Gasteiger partial charge >= 0.3 is 5.97 Å². The number of nitrogens with zero attached hydrogens (tertiary/aromatic N) is 1. The monoisotopic (exact) mass is 368 g/mol. The average molecular weight is 370 g/mol. The van der Waals surface area contributed by atoms with Crippen molar-refractivity contribution in [3.05, 3.63) is 28.2 Å². The molecule has 1 atom stereocenters. The van der Waals surface area contributed by atoms with Gasteiger partial charge in [-0.3, -0.25) is 14.5 Å². The second-order valence-corrected chi connectivity index (χ2v) is 5.50. The Labute approximate surface area is 146 Å². The van der Waals surface area contributed by atoms with Gasteiger partial charge in [-0.05, 0) is 38.1 Å². The van der Waals surface area contributed by atoms with Crippen LogP contribution in [0.5, 0.6) is 0 Å². The molecule has 0 saturated heterocycles. The molecule has 1 aromatic rings. The Kier molecular flexibility index (Phi) is 9.44. The molecule has 0 fully saturated rings. The summed E-state index contributed by atoms with van der Waals surface area (Å²) in [6, 6.07) is 4.17. The number of hydrogen-bond acceptors (Lipinski definition) is 3. The maximum atomic E-state index is 12.2. The van der Waals surface area contributed by atoms with Gasteiger partial charge in [-0.25, -0.2) is 0 Å². The lowest BCUT2D eigenvalue weighted by atomic mass is 10.2. The zero-order chi connectivity index (χ0) is 16.0. The molecule has 0 aliphatic carbocycles. The van der Waals surface area contributed by atoms with Gasteiger partial charge in [0.15, 0.2) is 0 Å². The highest BCUT2D eigenvalue weighted by atomic mass is 35.5. The summed E-state index contributed by atoms with van der Waals surface area (Å²) in [5, 5.41) is 12.4. The summed E-state index contributed by atoms with van der Waals surface area (Å²) in [6.07, 6.45) is 0.753. The zero-order valence-corrected chi connectivity index (χ0v) is 14.6. The molecule has 8 heteroatoms. The summed E-state index contributed by atoms with van der Waals surface area (Å²) in [6.45, 7) is 3.91. The summed E-state index contributed by atoms with van der Waals surface area (Å²) < 4.78 is 0. The van der Waals surface area contributed by atoms with Crippen molar-refractivity contribution in [1.29, 1.82) is 0 Å². The SMILES string of the molecule is CCCN(CC(=O)O)C(C)C(=O)Nc1cc(Cl)ccc1Cl.Cl. The van der Waals surface area contributed by atoms with Gasteiger partial charge in [0.25, 0.3) is 0 Å². The first kappa shape index (κ1) is 21.0. The van der Waals surface area contributed by atoms with E-state index in [1.165, 1.54) is 0 Å². The molecule has 0 spiro atoms. The molecule has 5 nitrogen and oxygen atoms in total. The fourth-order valence-corrected chi connectivity index (χ4v) is 2.20. The van der Waals surface area contributed by atoms with Crippen LogP contribution in [0.2, 0.25) is 10.0 Å².